The van der Waals surface area contributed by atoms with E-state index in [4.69, 9.17) is 10.4 Å². The molecule has 19 heavy (non-hydrogen) atoms. The van der Waals surface area contributed by atoms with Crippen molar-refractivity contribution in [2.24, 2.45) is 0 Å². The van der Waals surface area contributed by atoms with E-state index in [0.717, 1.165) is 44.9 Å². The normalized spacial score (nSPS) is 13.0. The molecule has 2 N–H and O–H groups in total. The highest BCUT2D eigenvalue weighted by molar-refractivity contribution is 5.66. The van der Waals surface area contributed by atoms with Crippen molar-refractivity contribution >= 4 is 5.97 Å². The molecule has 0 aromatic carbocycles. The van der Waals surface area contributed by atoms with Gasteiger partial charge in [-0.1, -0.05) is 38.5 Å². The maximum atomic E-state index is 10.3. The molecular weight excluding hydrogens is 242 g/mol. The molecule has 0 aliphatic rings. The van der Waals surface area contributed by atoms with Crippen LogP contribution in [0.3, 0.4) is 0 Å². The molecule has 0 amide bonds. The summed E-state index contributed by atoms with van der Waals surface area (Å²) < 4.78 is 0. The average molecular weight is 267 g/mol. The molecule has 0 saturated carbocycles. The molecule has 4 nitrogen and oxygen atoms in total. The van der Waals surface area contributed by atoms with Gasteiger partial charge in [-0.25, -0.2) is 0 Å². The Labute approximate surface area is 115 Å². The molecule has 0 aromatic heterocycles. The number of hydrogen-bond donors (Lipinski definition) is 2. The highest BCUT2D eigenvalue weighted by Crippen LogP contribution is 2.11. The summed E-state index contributed by atoms with van der Waals surface area (Å²) >= 11 is 0. The second kappa shape index (κ2) is 11.7. The number of aliphatic carboxylic acids is 1. The van der Waals surface area contributed by atoms with Gasteiger partial charge in [0, 0.05) is 12.0 Å². The van der Waals surface area contributed by atoms with Gasteiger partial charge in [0.05, 0.1) is 12.2 Å². The average Bonchev–Trinajstić information content (AvgIpc) is 2.36. The highest BCUT2D eigenvalue weighted by atomic mass is 16.4. The topological polar surface area (TPSA) is 81.3 Å². The Hall–Kier alpha value is -1.34. The van der Waals surface area contributed by atoms with Crippen molar-refractivity contribution in [3.8, 4) is 6.07 Å². The minimum Gasteiger partial charge on any atom is -0.481 e. The lowest BCUT2D eigenvalue weighted by Crippen LogP contribution is -2.02. The van der Waals surface area contributed by atoms with Gasteiger partial charge >= 0.3 is 5.97 Å². The Bertz CT molecular complexity index is 318. The van der Waals surface area contributed by atoms with Crippen LogP contribution in [0.2, 0.25) is 0 Å². The van der Waals surface area contributed by atoms with Crippen molar-refractivity contribution in [1.82, 2.24) is 0 Å². The van der Waals surface area contributed by atoms with Crippen LogP contribution in [0.15, 0.2) is 11.6 Å². The number of carboxylic acids is 1. The van der Waals surface area contributed by atoms with Gasteiger partial charge in [0.2, 0.25) is 0 Å². The Balaban J connectivity index is 3.32. The molecule has 0 unspecified atom stereocenters. The third kappa shape index (κ3) is 12.9. The molecule has 0 bridgehead atoms. The fourth-order valence-electron chi connectivity index (χ4n) is 1.92. The summed E-state index contributed by atoms with van der Waals surface area (Å²) in [5.74, 6) is -0.713. The second-order valence-electron chi connectivity index (χ2n) is 4.94. The van der Waals surface area contributed by atoms with Crippen molar-refractivity contribution in [3.63, 3.8) is 0 Å². The van der Waals surface area contributed by atoms with Gasteiger partial charge in [-0.15, -0.1) is 0 Å². The number of unbranched alkanes of at least 4 members (excludes halogenated alkanes) is 6. The summed E-state index contributed by atoms with van der Waals surface area (Å²) in [5, 5.41) is 26.6. The summed E-state index contributed by atoms with van der Waals surface area (Å²) in [5.41, 5.74) is 0.561. The van der Waals surface area contributed by atoms with Crippen molar-refractivity contribution in [3.05, 3.63) is 11.6 Å². The minimum atomic E-state index is -0.713. The van der Waals surface area contributed by atoms with Gasteiger partial charge in [-0.05, 0) is 25.8 Å². The number of aliphatic hydroxyl groups excluding tert-OH is 1. The Morgan fingerprint density at radius 3 is 2.21 bits per heavy atom. The van der Waals surface area contributed by atoms with Crippen LogP contribution < -0.4 is 0 Å². The standard InChI is InChI=1S/C15H25NO3/c1-13(12-16)11-14(17)9-7-5-3-2-4-6-8-10-15(18)19/h11,14,17H,2-10H2,1H3,(H,18,19)/b13-11+/t14-/m0/s1. The first-order valence-electron chi connectivity index (χ1n) is 7.04. The molecular formula is C15H25NO3. The van der Waals surface area contributed by atoms with Crippen LogP contribution in [0.5, 0.6) is 0 Å². The largest absolute Gasteiger partial charge is 0.481 e. The zero-order chi connectivity index (χ0) is 14.5. The van der Waals surface area contributed by atoms with Crippen LogP contribution >= 0.6 is 0 Å². The lowest BCUT2D eigenvalue weighted by Gasteiger charge is -2.05. The van der Waals surface area contributed by atoms with E-state index in [1.165, 1.54) is 0 Å². The summed E-state index contributed by atoms with van der Waals surface area (Å²) in [4.78, 5) is 10.3. The third-order valence-corrected chi connectivity index (χ3v) is 3.01. The first-order valence-corrected chi connectivity index (χ1v) is 7.04. The lowest BCUT2D eigenvalue weighted by molar-refractivity contribution is -0.137. The van der Waals surface area contributed by atoms with Crippen molar-refractivity contribution in [1.29, 1.82) is 5.26 Å². The van der Waals surface area contributed by atoms with E-state index < -0.39 is 12.1 Å². The van der Waals surface area contributed by atoms with E-state index in [-0.39, 0.29) is 6.42 Å². The predicted octanol–water partition coefficient (Wildman–Crippen LogP) is 3.41. The number of rotatable bonds is 11. The van der Waals surface area contributed by atoms with Crippen LogP contribution in [0.25, 0.3) is 0 Å². The maximum Gasteiger partial charge on any atom is 0.303 e. The predicted molar refractivity (Wildman–Crippen MR) is 74.6 cm³/mol. The molecule has 0 heterocycles. The van der Waals surface area contributed by atoms with Crippen LogP contribution in [0.4, 0.5) is 0 Å². The summed E-state index contributed by atoms with van der Waals surface area (Å²) in [6, 6.07) is 1.99. The molecule has 1 atom stereocenters. The smallest absolute Gasteiger partial charge is 0.303 e. The Morgan fingerprint density at radius 2 is 1.68 bits per heavy atom. The molecule has 0 rings (SSSR count). The molecule has 0 aromatic rings. The van der Waals surface area contributed by atoms with Gasteiger partial charge in [0.15, 0.2) is 0 Å². The number of allylic oxidation sites excluding steroid dienone is 1. The molecule has 0 aliphatic carbocycles. The van der Waals surface area contributed by atoms with E-state index in [1.807, 2.05) is 6.07 Å². The van der Waals surface area contributed by atoms with E-state index in [9.17, 15) is 9.90 Å². The lowest BCUT2D eigenvalue weighted by atomic mass is 10.0. The maximum absolute atomic E-state index is 10.3. The fourth-order valence-corrected chi connectivity index (χ4v) is 1.92. The van der Waals surface area contributed by atoms with Gasteiger partial charge in [-0.3, -0.25) is 4.79 Å². The zero-order valence-corrected chi connectivity index (χ0v) is 11.8. The summed E-state index contributed by atoms with van der Waals surface area (Å²) in [6.45, 7) is 1.69. The minimum absolute atomic E-state index is 0.275. The van der Waals surface area contributed by atoms with E-state index >= 15 is 0 Å². The number of nitrogens with zero attached hydrogens (tertiary/aromatic N) is 1. The summed E-state index contributed by atoms with van der Waals surface area (Å²) in [6.07, 6.45) is 9.22. The Kier molecular flexibility index (Phi) is 10.9. The van der Waals surface area contributed by atoms with E-state index in [1.54, 1.807) is 13.0 Å². The molecule has 0 radical (unpaired) electrons. The van der Waals surface area contributed by atoms with Gasteiger partial charge in [-0.2, -0.15) is 5.26 Å². The summed E-state index contributed by atoms with van der Waals surface area (Å²) in [7, 11) is 0. The SMILES string of the molecule is C/C(C#N)=C\[C@@H](O)CCCCCCCCCC(=O)O. The van der Waals surface area contributed by atoms with Crippen molar-refractivity contribution < 1.29 is 15.0 Å². The van der Waals surface area contributed by atoms with Crippen molar-refractivity contribution in [2.75, 3.05) is 0 Å². The first kappa shape index (κ1) is 17.7. The molecule has 0 aliphatic heterocycles. The van der Waals surface area contributed by atoms with E-state index in [2.05, 4.69) is 0 Å². The monoisotopic (exact) mass is 267 g/mol. The van der Waals surface area contributed by atoms with Crippen LogP contribution in [0, 0.1) is 11.3 Å². The van der Waals surface area contributed by atoms with E-state index in [0.29, 0.717) is 12.0 Å². The number of aliphatic hydroxyl groups is 1. The van der Waals surface area contributed by atoms with Crippen LogP contribution in [-0.2, 0) is 4.79 Å². The Morgan fingerprint density at radius 1 is 1.16 bits per heavy atom. The third-order valence-electron chi connectivity index (χ3n) is 3.01. The molecule has 0 fully saturated rings. The van der Waals surface area contributed by atoms with Gasteiger partial charge in [0.1, 0.15) is 0 Å². The molecule has 108 valence electrons. The quantitative estimate of drug-likeness (QED) is 0.444. The molecule has 0 saturated heterocycles. The van der Waals surface area contributed by atoms with Crippen LogP contribution in [0.1, 0.15) is 64.7 Å². The molecule has 0 spiro atoms. The van der Waals surface area contributed by atoms with Crippen LogP contribution in [-0.4, -0.2) is 22.3 Å². The highest BCUT2D eigenvalue weighted by Gasteiger charge is 2.01. The first-order chi connectivity index (χ1) is 9.06. The number of hydrogen-bond acceptors (Lipinski definition) is 3. The number of carboxylic acid groups (broad SMARTS) is 1. The number of nitriles is 1. The van der Waals surface area contributed by atoms with Crippen molar-refractivity contribution in [2.45, 2.75) is 70.8 Å². The fraction of sp³-hybridized carbons (Fsp3) is 0.733. The number of carbonyl (C=O) groups is 1. The second-order valence-corrected chi connectivity index (χ2v) is 4.94. The molecule has 4 heteroatoms. The zero-order valence-electron chi connectivity index (χ0n) is 11.8. The van der Waals surface area contributed by atoms with Gasteiger partial charge < -0.3 is 10.2 Å². The van der Waals surface area contributed by atoms with Gasteiger partial charge in [0.25, 0.3) is 0 Å².